The van der Waals surface area contributed by atoms with Crippen molar-refractivity contribution in [2.24, 2.45) is 23.5 Å². The SMILES string of the molecule is CC(c1ccc(O)c2c1CC1CC3CC(O)=C(C(N)=O)C(=O)C3C(O)=C1C2=O)C(F)(F)F. The Labute approximate surface area is 180 Å². The number of halogens is 3. The summed E-state index contributed by atoms with van der Waals surface area (Å²) in [5.41, 5.74) is 3.96. The molecule has 0 aliphatic heterocycles. The van der Waals surface area contributed by atoms with Crippen LogP contribution in [-0.4, -0.2) is 39.0 Å². The number of hydrogen-bond acceptors (Lipinski definition) is 6. The van der Waals surface area contributed by atoms with Gasteiger partial charge >= 0.3 is 6.18 Å². The van der Waals surface area contributed by atoms with Gasteiger partial charge in [0, 0.05) is 12.0 Å². The first kappa shape index (κ1) is 21.9. The first-order valence-corrected chi connectivity index (χ1v) is 9.99. The molecule has 0 bridgehead atoms. The third kappa shape index (κ3) is 3.08. The van der Waals surface area contributed by atoms with Crippen molar-refractivity contribution < 1.29 is 42.9 Å². The summed E-state index contributed by atoms with van der Waals surface area (Å²) in [6, 6.07) is 2.15. The molecule has 1 amide bonds. The Hall–Kier alpha value is -3.30. The third-order valence-electron chi connectivity index (χ3n) is 6.76. The zero-order chi connectivity index (χ0) is 23.7. The molecule has 3 aliphatic carbocycles. The molecule has 0 spiro atoms. The largest absolute Gasteiger partial charge is 0.511 e. The van der Waals surface area contributed by atoms with Gasteiger partial charge in [0.2, 0.25) is 0 Å². The van der Waals surface area contributed by atoms with Crippen LogP contribution < -0.4 is 5.73 Å². The number of carbonyl (C=O) groups excluding carboxylic acids is 3. The quantitative estimate of drug-likeness (QED) is 0.510. The summed E-state index contributed by atoms with van der Waals surface area (Å²) in [7, 11) is 0. The van der Waals surface area contributed by atoms with E-state index in [2.05, 4.69) is 0 Å². The van der Waals surface area contributed by atoms with Gasteiger partial charge in [0.25, 0.3) is 5.91 Å². The van der Waals surface area contributed by atoms with Gasteiger partial charge in [0.1, 0.15) is 22.8 Å². The topological polar surface area (TPSA) is 138 Å². The van der Waals surface area contributed by atoms with Crippen molar-refractivity contribution >= 4 is 17.5 Å². The molecular weight excluding hydrogens is 431 g/mol. The average molecular weight is 451 g/mol. The highest BCUT2D eigenvalue weighted by Gasteiger charge is 2.51. The Morgan fingerprint density at radius 3 is 2.41 bits per heavy atom. The molecule has 4 unspecified atom stereocenters. The van der Waals surface area contributed by atoms with E-state index < -0.39 is 70.2 Å². The fourth-order valence-corrected chi connectivity index (χ4v) is 5.25. The van der Waals surface area contributed by atoms with Crippen LogP contribution in [0.25, 0.3) is 0 Å². The van der Waals surface area contributed by atoms with E-state index in [4.69, 9.17) is 5.73 Å². The number of aliphatic hydroxyl groups is 2. The number of ketones is 2. The minimum atomic E-state index is -4.57. The second kappa shape index (κ2) is 7.11. The zero-order valence-electron chi connectivity index (χ0n) is 16.9. The maximum atomic E-state index is 13.4. The molecule has 7 nitrogen and oxygen atoms in total. The lowest BCUT2D eigenvalue weighted by atomic mass is 9.62. The van der Waals surface area contributed by atoms with Crippen LogP contribution in [0.15, 0.2) is 34.8 Å². The number of phenols is 1. The van der Waals surface area contributed by atoms with Gasteiger partial charge in [-0.1, -0.05) is 6.07 Å². The first-order valence-electron chi connectivity index (χ1n) is 9.99. The molecule has 32 heavy (non-hydrogen) atoms. The zero-order valence-corrected chi connectivity index (χ0v) is 16.9. The molecule has 0 aromatic heterocycles. The van der Waals surface area contributed by atoms with Crippen LogP contribution in [0.3, 0.4) is 0 Å². The van der Waals surface area contributed by atoms with Crippen LogP contribution in [0.5, 0.6) is 5.75 Å². The van der Waals surface area contributed by atoms with Gasteiger partial charge in [-0.15, -0.1) is 0 Å². The summed E-state index contributed by atoms with van der Waals surface area (Å²) >= 11 is 0. The number of fused-ring (bicyclic) bond motifs is 3. The van der Waals surface area contributed by atoms with Crippen molar-refractivity contribution in [2.75, 3.05) is 0 Å². The van der Waals surface area contributed by atoms with E-state index in [1.807, 2.05) is 0 Å². The summed E-state index contributed by atoms with van der Waals surface area (Å²) in [5.74, 6) is -9.07. The number of aromatic hydroxyl groups is 1. The van der Waals surface area contributed by atoms with Gasteiger partial charge in [-0.25, -0.2) is 0 Å². The van der Waals surface area contributed by atoms with Crippen molar-refractivity contribution in [1.29, 1.82) is 0 Å². The minimum Gasteiger partial charge on any atom is -0.511 e. The minimum absolute atomic E-state index is 0.0551. The molecule has 1 aromatic carbocycles. The molecular formula is C22H20F3NO6. The molecule has 3 aliphatic rings. The Balaban J connectivity index is 1.85. The molecule has 0 saturated carbocycles. The lowest BCUT2D eigenvalue weighted by molar-refractivity contribution is -0.146. The number of benzene rings is 1. The third-order valence-corrected chi connectivity index (χ3v) is 6.76. The lowest BCUT2D eigenvalue weighted by Crippen LogP contribution is -2.43. The number of nitrogens with two attached hydrogens (primary N) is 1. The maximum Gasteiger partial charge on any atom is 0.395 e. The summed E-state index contributed by atoms with van der Waals surface area (Å²) in [5, 5.41) is 31.3. The number of primary amides is 1. The summed E-state index contributed by atoms with van der Waals surface area (Å²) in [4.78, 5) is 37.6. The molecule has 0 saturated heterocycles. The van der Waals surface area contributed by atoms with Gasteiger partial charge < -0.3 is 21.1 Å². The van der Waals surface area contributed by atoms with Crippen molar-refractivity contribution in [3.63, 3.8) is 0 Å². The number of phenolic OH excluding ortho intramolecular Hbond substituents is 1. The number of Topliss-reactive ketones (excluding diaryl/α,β-unsaturated/α-hetero) is 2. The predicted molar refractivity (Wildman–Crippen MR) is 104 cm³/mol. The van der Waals surface area contributed by atoms with Gasteiger partial charge in [-0.2, -0.15) is 13.2 Å². The standard InChI is InChI=1S/C22H20F3NO6/c1-7(22(23,24)25)10-2-3-12(27)16-11(10)5-8-4-9-6-13(28)17(21(26)32)20(31)15(9)18(29)14(8)19(16)30/h2-3,7-9,15,27-29H,4-6H2,1H3,(H2,26,32). The Morgan fingerprint density at radius 1 is 1.16 bits per heavy atom. The molecule has 0 radical (unpaired) electrons. The van der Waals surface area contributed by atoms with Gasteiger partial charge in [0.05, 0.1) is 17.4 Å². The molecule has 4 atom stereocenters. The van der Waals surface area contributed by atoms with Crippen LogP contribution in [0.2, 0.25) is 0 Å². The molecule has 10 heteroatoms. The summed E-state index contributed by atoms with van der Waals surface area (Å²) < 4.78 is 40.2. The predicted octanol–water partition coefficient (Wildman–Crippen LogP) is 3.13. The van der Waals surface area contributed by atoms with Crippen molar-refractivity contribution in [3.05, 3.63) is 51.5 Å². The highest BCUT2D eigenvalue weighted by molar-refractivity contribution is 6.22. The van der Waals surface area contributed by atoms with Crippen LogP contribution in [-0.2, 0) is 16.0 Å². The smallest absolute Gasteiger partial charge is 0.395 e. The Bertz CT molecular complexity index is 1130. The monoisotopic (exact) mass is 451 g/mol. The van der Waals surface area contributed by atoms with E-state index in [-0.39, 0.29) is 41.5 Å². The second-order valence-electron chi connectivity index (χ2n) is 8.55. The van der Waals surface area contributed by atoms with E-state index >= 15 is 0 Å². The van der Waals surface area contributed by atoms with Gasteiger partial charge in [-0.05, 0) is 48.8 Å². The Morgan fingerprint density at radius 2 is 1.81 bits per heavy atom. The average Bonchev–Trinajstić information content (AvgIpc) is 2.65. The van der Waals surface area contributed by atoms with Crippen molar-refractivity contribution in [3.8, 4) is 5.75 Å². The van der Waals surface area contributed by atoms with E-state index in [0.29, 0.717) is 0 Å². The number of amides is 1. The van der Waals surface area contributed by atoms with E-state index in [1.165, 1.54) is 0 Å². The number of hydrogen-bond donors (Lipinski definition) is 4. The summed E-state index contributed by atoms with van der Waals surface area (Å²) in [6.07, 6.45) is -4.65. The van der Waals surface area contributed by atoms with Crippen LogP contribution in [0.1, 0.15) is 47.2 Å². The lowest BCUT2D eigenvalue weighted by Gasteiger charge is -2.41. The number of rotatable bonds is 2. The van der Waals surface area contributed by atoms with Crippen LogP contribution in [0.4, 0.5) is 13.2 Å². The maximum absolute atomic E-state index is 13.4. The number of carbonyl (C=O) groups is 3. The van der Waals surface area contributed by atoms with Gasteiger partial charge in [0.15, 0.2) is 11.6 Å². The fraction of sp³-hybridized carbons (Fsp3) is 0.409. The van der Waals surface area contributed by atoms with E-state index in [9.17, 15) is 42.9 Å². The fourth-order valence-electron chi connectivity index (χ4n) is 5.25. The van der Waals surface area contributed by atoms with Gasteiger partial charge in [-0.3, -0.25) is 14.4 Å². The van der Waals surface area contributed by atoms with Crippen LogP contribution >= 0.6 is 0 Å². The molecule has 4 rings (SSSR count). The van der Waals surface area contributed by atoms with E-state index in [1.54, 1.807) is 0 Å². The molecule has 0 fully saturated rings. The highest BCUT2D eigenvalue weighted by atomic mass is 19.4. The highest BCUT2D eigenvalue weighted by Crippen LogP contribution is 2.51. The first-order chi connectivity index (χ1) is 14.8. The molecule has 1 aromatic rings. The Kier molecular flexibility index (Phi) is 4.87. The molecule has 5 N–H and O–H groups in total. The number of allylic oxidation sites excluding steroid dienone is 3. The molecule has 0 heterocycles. The number of aliphatic hydroxyl groups excluding tert-OH is 2. The summed E-state index contributed by atoms with van der Waals surface area (Å²) in [6.45, 7) is 0.963. The van der Waals surface area contributed by atoms with E-state index in [0.717, 1.165) is 19.1 Å². The van der Waals surface area contributed by atoms with Crippen molar-refractivity contribution in [2.45, 2.75) is 38.3 Å². The van der Waals surface area contributed by atoms with Crippen molar-refractivity contribution in [1.82, 2.24) is 0 Å². The molecule has 170 valence electrons. The second-order valence-corrected chi connectivity index (χ2v) is 8.55. The number of alkyl halides is 3. The normalized spacial score (nSPS) is 26.4. The van der Waals surface area contributed by atoms with Crippen LogP contribution in [0, 0.1) is 17.8 Å².